The Morgan fingerprint density at radius 3 is 2.33 bits per heavy atom. The van der Waals surface area contributed by atoms with Crippen molar-refractivity contribution in [2.75, 3.05) is 33.9 Å². The van der Waals surface area contributed by atoms with E-state index in [0.29, 0.717) is 0 Å². The van der Waals surface area contributed by atoms with Gasteiger partial charge in [-0.1, -0.05) is 19.1 Å². The molecule has 1 rings (SSSR count). The molecule has 0 bridgehead atoms. The van der Waals surface area contributed by atoms with Crippen LogP contribution in [0.1, 0.15) is 13.3 Å². The van der Waals surface area contributed by atoms with E-state index in [1.807, 2.05) is 0 Å². The molecule has 0 aromatic heterocycles. The molecule has 0 saturated carbocycles. The Hall–Kier alpha value is -0.340. The first-order valence-electron chi connectivity index (χ1n) is 4.51. The van der Waals surface area contributed by atoms with Crippen molar-refractivity contribution in [2.45, 2.75) is 13.3 Å². The molecule has 0 unspecified atom stereocenters. The molecule has 0 aliphatic carbocycles. The molecule has 0 N–H and O–H groups in total. The first-order chi connectivity index (χ1) is 5.60. The second kappa shape index (κ2) is 3.58. The third-order valence-corrected chi connectivity index (χ3v) is 2.55. The van der Waals surface area contributed by atoms with Gasteiger partial charge in [0.15, 0.2) is 0 Å². The van der Waals surface area contributed by atoms with Crippen molar-refractivity contribution in [1.29, 1.82) is 0 Å². The predicted molar refractivity (Wildman–Crippen MR) is 51.2 cm³/mol. The molecule has 2 nitrogen and oxygen atoms in total. The van der Waals surface area contributed by atoms with Crippen LogP contribution in [0, 0.1) is 5.41 Å². The zero-order chi connectivity index (χ0) is 9.19. The van der Waals surface area contributed by atoms with E-state index in [1.165, 1.54) is 5.57 Å². The maximum absolute atomic E-state index is 5.27. The highest BCUT2D eigenvalue weighted by Gasteiger charge is 2.40. The SMILES string of the molecule is C=C(CC)C1(CN(C)C)COC1. The fraction of sp³-hybridized carbons (Fsp3) is 0.800. The van der Waals surface area contributed by atoms with E-state index >= 15 is 0 Å². The molecule has 0 aromatic rings. The molecule has 70 valence electrons. The molecular weight excluding hydrogens is 150 g/mol. The largest absolute Gasteiger partial charge is 0.379 e. The molecule has 0 amide bonds. The van der Waals surface area contributed by atoms with Crippen LogP contribution >= 0.6 is 0 Å². The van der Waals surface area contributed by atoms with Gasteiger partial charge in [-0.15, -0.1) is 0 Å². The van der Waals surface area contributed by atoms with Crippen molar-refractivity contribution >= 4 is 0 Å². The smallest absolute Gasteiger partial charge is 0.0594 e. The molecule has 1 aliphatic heterocycles. The minimum absolute atomic E-state index is 0.262. The van der Waals surface area contributed by atoms with Crippen LogP contribution in [0.5, 0.6) is 0 Å². The fourth-order valence-corrected chi connectivity index (χ4v) is 1.74. The summed E-state index contributed by atoms with van der Waals surface area (Å²) in [5.41, 5.74) is 1.60. The summed E-state index contributed by atoms with van der Waals surface area (Å²) in [5, 5.41) is 0. The van der Waals surface area contributed by atoms with Crippen LogP contribution in [0.15, 0.2) is 12.2 Å². The van der Waals surface area contributed by atoms with E-state index in [-0.39, 0.29) is 5.41 Å². The zero-order valence-corrected chi connectivity index (χ0v) is 8.39. The lowest BCUT2D eigenvalue weighted by molar-refractivity contribution is -0.0995. The normalized spacial score (nSPS) is 20.7. The molecule has 1 heterocycles. The Morgan fingerprint density at radius 2 is 2.08 bits per heavy atom. The molecule has 0 aromatic carbocycles. The highest BCUT2D eigenvalue weighted by atomic mass is 16.5. The summed E-state index contributed by atoms with van der Waals surface area (Å²) >= 11 is 0. The fourth-order valence-electron chi connectivity index (χ4n) is 1.74. The summed E-state index contributed by atoms with van der Waals surface area (Å²) in [4.78, 5) is 2.21. The van der Waals surface area contributed by atoms with Crippen molar-refractivity contribution in [3.63, 3.8) is 0 Å². The minimum Gasteiger partial charge on any atom is -0.379 e. The number of ether oxygens (including phenoxy) is 1. The molecule has 0 radical (unpaired) electrons. The highest BCUT2D eigenvalue weighted by molar-refractivity contribution is 5.14. The highest BCUT2D eigenvalue weighted by Crippen LogP contribution is 2.36. The van der Waals surface area contributed by atoms with Crippen LogP contribution < -0.4 is 0 Å². The number of hydrogen-bond acceptors (Lipinski definition) is 2. The molecule has 0 spiro atoms. The van der Waals surface area contributed by atoms with Crippen molar-refractivity contribution in [3.05, 3.63) is 12.2 Å². The Labute approximate surface area is 75.2 Å². The quantitative estimate of drug-likeness (QED) is 0.592. The van der Waals surface area contributed by atoms with Gasteiger partial charge in [-0.3, -0.25) is 0 Å². The van der Waals surface area contributed by atoms with Crippen LogP contribution in [0.3, 0.4) is 0 Å². The first kappa shape index (κ1) is 9.75. The molecule has 2 heteroatoms. The number of rotatable bonds is 4. The Kier molecular flexibility index (Phi) is 2.91. The van der Waals surface area contributed by atoms with Gasteiger partial charge >= 0.3 is 0 Å². The summed E-state index contributed by atoms with van der Waals surface area (Å²) in [6.07, 6.45) is 1.07. The molecular formula is C10H19NO. The van der Waals surface area contributed by atoms with Gasteiger partial charge < -0.3 is 9.64 Å². The topological polar surface area (TPSA) is 12.5 Å². The lowest BCUT2D eigenvalue weighted by Crippen LogP contribution is -2.50. The summed E-state index contributed by atoms with van der Waals surface area (Å²) in [7, 11) is 4.20. The van der Waals surface area contributed by atoms with Gasteiger partial charge in [0, 0.05) is 6.54 Å². The molecule has 1 saturated heterocycles. The summed E-state index contributed by atoms with van der Waals surface area (Å²) in [6, 6.07) is 0. The van der Waals surface area contributed by atoms with E-state index in [0.717, 1.165) is 26.2 Å². The van der Waals surface area contributed by atoms with Gasteiger partial charge in [0.1, 0.15) is 0 Å². The number of hydrogen-bond donors (Lipinski definition) is 0. The predicted octanol–water partition coefficient (Wildman–Crippen LogP) is 1.53. The second-order valence-electron chi connectivity index (χ2n) is 3.97. The lowest BCUT2D eigenvalue weighted by Gasteiger charge is -2.44. The van der Waals surface area contributed by atoms with Crippen molar-refractivity contribution in [3.8, 4) is 0 Å². The lowest BCUT2D eigenvalue weighted by atomic mass is 9.77. The van der Waals surface area contributed by atoms with E-state index in [1.54, 1.807) is 0 Å². The maximum atomic E-state index is 5.27. The molecule has 0 atom stereocenters. The maximum Gasteiger partial charge on any atom is 0.0594 e. The minimum atomic E-state index is 0.262. The van der Waals surface area contributed by atoms with Gasteiger partial charge in [-0.05, 0) is 20.5 Å². The third kappa shape index (κ3) is 1.70. The van der Waals surface area contributed by atoms with Crippen LogP contribution in [-0.4, -0.2) is 38.8 Å². The molecule has 1 fully saturated rings. The van der Waals surface area contributed by atoms with Gasteiger partial charge in [0.2, 0.25) is 0 Å². The van der Waals surface area contributed by atoms with Crippen LogP contribution in [-0.2, 0) is 4.74 Å². The van der Waals surface area contributed by atoms with E-state index in [9.17, 15) is 0 Å². The average Bonchev–Trinajstić information content (AvgIpc) is 1.95. The summed E-state index contributed by atoms with van der Waals surface area (Å²) < 4.78 is 5.27. The van der Waals surface area contributed by atoms with Gasteiger partial charge in [0.05, 0.1) is 18.6 Å². The third-order valence-electron chi connectivity index (χ3n) is 2.55. The standard InChI is InChI=1S/C10H19NO/c1-5-9(2)10(6-11(3)4)7-12-8-10/h2,5-8H2,1,3-4H3. The molecule has 1 aliphatic rings. The van der Waals surface area contributed by atoms with Crippen molar-refractivity contribution in [1.82, 2.24) is 4.90 Å². The van der Waals surface area contributed by atoms with Crippen molar-refractivity contribution in [2.24, 2.45) is 5.41 Å². The summed E-state index contributed by atoms with van der Waals surface area (Å²) in [6.45, 7) is 9.07. The van der Waals surface area contributed by atoms with E-state index < -0.39 is 0 Å². The Bertz CT molecular complexity index is 171. The van der Waals surface area contributed by atoms with Crippen molar-refractivity contribution < 1.29 is 4.74 Å². The van der Waals surface area contributed by atoms with Gasteiger partial charge in [-0.25, -0.2) is 0 Å². The molecule has 12 heavy (non-hydrogen) atoms. The second-order valence-corrected chi connectivity index (χ2v) is 3.97. The average molecular weight is 169 g/mol. The van der Waals surface area contributed by atoms with Gasteiger partial charge in [0.25, 0.3) is 0 Å². The van der Waals surface area contributed by atoms with Crippen LogP contribution in [0.2, 0.25) is 0 Å². The Morgan fingerprint density at radius 1 is 1.50 bits per heavy atom. The van der Waals surface area contributed by atoms with Gasteiger partial charge in [-0.2, -0.15) is 0 Å². The Balaban J connectivity index is 2.56. The van der Waals surface area contributed by atoms with Crippen LogP contribution in [0.25, 0.3) is 0 Å². The number of nitrogens with zero attached hydrogens (tertiary/aromatic N) is 1. The van der Waals surface area contributed by atoms with E-state index in [4.69, 9.17) is 4.74 Å². The first-order valence-corrected chi connectivity index (χ1v) is 4.51. The van der Waals surface area contributed by atoms with Crippen LogP contribution in [0.4, 0.5) is 0 Å². The summed E-state index contributed by atoms with van der Waals surface area (Å²) in [5.74, 6) is 0. The zero-order valence-electron chi connectivity index (χ0n) is 8.39. The van der Waals surface area contributed by atoms with E-state index in [2.05, 4.69) is 32.5 Å². The monoisotopic (exact) mass is 169 g/mol.